The first-order valence-corrected chi connectivity index (χ1v) is 6.09. The van der Waals surface area contributed by atoms with Gasteiger partial charge in [0.1, 0.15) is 5.82 Å². The predicted molar refractivity (Wildman–Crippen MR) is 64.4 cm³/mol. The van der Waals surface area contributed by atoms with E-state index in [-0.39, 0.29) is 5.82 Å². The molecule has 0 amide bonds. The minimum absolute atomic E-state index is 0.260. The van der Waals surface area contributed by atoms with Crippen LogP contribution < -0.4 is 5.32 Å². The highest BCUT2D eigenvalue weighted by Crippen LogP contribution is 2.19. The van der Waals surface area contributed by atoms with Crippen LogP contribution in [0.3, 0.4) is 0 Å². The van der Waals surface area contributed by atoms with Crippen LogP contribution in [0.25, 0.3) is 11.4 Å². The predicted octanol–water partition coefficient (Wildman–Crippen LogP) is 1.40. The Morgan fingerprint density at radius 2 is 1.89 bits per heavy atom. The summed E-state index contributed by atoms with van der Waals surface area (Å²) >= 11 is 0. The Labute approximate surface area is 104 Å². The molecule has 0 radical (unpaired) electrons. The molecule has 18 heavy (non-hydrogen) atoms. The standard InChI is InChI=1S/C12H14FN5/c13-10-3-1-9(2-4-10)12-15-17-18(16-12)11-5-7-14-8-6-11/h1-4,11,14H,5-8H2. The van der Waals surface area contributed by atoms with Crippen LogP contribution in [0.15, 0.2) is 24.3 Å². The van der Waals surface area contributed by atoms with Crippen molar-refractivity contribution in [1.29, 1.82) is 0 Å². The Kier molecular flexibility index (Phi) is 3.02. The fourth-order valence-electron chi connectivity index (χ4n) is 2.13. The van der Waals surface area contributed by atoms with Crippen molar-refractivity contribution in [3.8, 4) is 11.4 Å². The molecule has 0 unspecified atom stereocenters. The van der Waals surface area contributed by atoms with Crippen LogP contribution in [0.4, 0.5) is 4.39 Å². The molecule has 0 aliphatic carbocycles. The lowest BCUT2D eigenvalue weighted by Gasteiger charge is -2.20. The summed E-state index contributed by atoms with van der Waals surface area (Å²) < 4.78 is 12.8. The van der Waals surface area contributed by atoms with Gasteiger partial charge in [0.05, 0.1) is 6.04 Å². The molecule has 1 fully saturated rings. The van der Waals surface area contributed by atoms with Crippen molar-refractivity contribution in [2.24, 2.45) is 0 Å². The highest BCUT2D eigenvalue weighted by molar-refractivity contribution is 5.53. The van der Waals surface area contributed by atoms with E-state index in [1.54, 1.807) is 16.9 Å². The summed E-state index contributed by atoms with van der Waals surface area (Å²) in [6.07, 6.45) is 2.03. The van der Waals surface area contributed by atoms with Gasteiger partial charge in [-0.3, -0.25) is 0 Å². The molecule has 94 valence electrons. The van der Waals surface area contributed by atoms with Crippen molar-refractivity contribution in [3.63, 3.8) is 0 Å². The van der Waals surface area contributed by atoms with Crippen LogP contribution in [0.5, 0.6) is 0 Å². The third-order valence-corrected chi connectivity index (χ3v) is 3.17. The maximum atomic E-state index is 12.8. The summed E-state index contributed by atoms with van der Waals surface area (Å²) in [5.74, 6) is 0.290. The first-order valence-electron chi connectivity index (χ1n) is 6.09. The molecule has 1 aliphatic heterocycles. The zero-order valence-corrected chi connectivity index (χ0v) is 9.88. The minimum atomic E-state index is -0.260. The molecule has 1 N–H and O–H groups in total. The molecule has 1 aromatic carbocycles. The second-order valence-electron chi connectivity index (χ2n) is 4.42. The van der Waals surface area contributed by atoms with Crippen molar-refractivity contribution < 1.29 is 4.39 Å². The van der Waals surface area contributed by atoms with Crippen molar-refractivity contribution >= 4 is 0 Å². The number of tetrazole rings is 1. The highest BCUT2D eigenvalue weighted by Gasteiger charge is 2.18. The van der Waals surface area contributed by atoms with Gasteiger partial charge in [-0.15, -0.1) is 10.2 Å². The van der Waals surface area contributed by atoms with E-state index in [1.807, 2.05) is 0 Å². The Morgan fingerprint density at radius 1 is 1.17 bits per heavy atom. The topological polar surface area (TPSA) is 55.6 Å². The first-order chi connectivity index (χ1) is 8.83. The summed E-state index contributed by atoms with van der Waals surface area (Å²) in [7, 11) is 0. The Hall–Kier alpha value is -1.82. The van der Waals surface area contributed by atoms with Crippen molar-refractivity contribution in [1.82, 2.24) is 25.5 Å². The lowest BCUT2D eigenvalue weighted by Crippen LogP contribution is -2.30. The van der Waals surface area contributed by atoms with E-state index >= 15 is 0 Å². The number of rotatable bonds is 2. The Morgan fingerprint density at radius 3 is 2.61 bits per heavy atom. The number of nitrogens with one attached hydrogen (secondary N) is 1. The van der Waals surface area contributed by atoms with Gasteiger partial charge in [-0.25, -0.2) is 4.39 Å². The van der Waals surface area contributed by atoms with Gasteiger partial charge < -0.3 is 5.32 Å². The number of benzene rings is 1. The largest absolute Gasteiger partial charge is 0.317 e. The average Bonchev–Trinajstić information content (AvgIpc) is 2.90. The molecule has 1 aromatic heterocycles. The summed E-state index contributed by atoms with van der Waals surface area (Å²) in [6.45, 7) is 1.97. The van der Waals surface area contributed by atoms with Gasteiger partial charge in [-0.05, 0) is 55.4 Å². The summed E-state index contributed by atoms with van der Waals surface area (Å²) in [5.41, 5.74) is 0.789. The molecule has 5 nitrogen and oxygen atoms in total. The van der Waals surface area contributed by atoms with E-state index in [9.17, 15) is 4.39 Å². The maximum absolute atomic E-state index is 12.8. The van der Waals surface area contributed by atoms with E-state index in [0.29, 0.717) is 11.9 Å². The van der Waals surface area contributed by atoms with Gasteiger partial charge in [0.2, 0.25) is 5.82 Å². The molecule has 2 heterocycles. The van der Waals surface area contributed by atoms with E-state index < -0.39 is 0 Å². The molecule has 0 spiro atoms. The third kappa shape index (κ3) is 2.24. The molecule has 3 rings (SSSR count). The number of nitrogens with zero attached hydrogens (tertiary/aromatic N) is 4. The number of halogens is 1. The number of piperidine rings is 1. The lowest BCUT2D eigenvalue weighted by atomic mass is 10.1. The van der Waals surface area contributed by atoms with Gasteiger partial charge in [0.25, 0.3) is 0 Å². The van der Waals surface area contributed by atoms with Crippen LogP contribution in [0.1, 0.15) is 18.9 Å². The quantitative estimate of drug-likeness (QED) is 0.871. The van der Waals surface area contributed by atoms with Gasteiger partial charge in [0, 0.05) is 5.56 Å². The van der Waals surface area contributed by atoms with Gasteiger partial charge >= 0.3 is 0 Å². The van der Waals surface area contributed by atoms with Crippen LogP contribution in [0, 0.1) is 5.82 Å². The Bertz CT molecular complexity index is 516. The molecular weight excluding hydrogens is 233 g/mol. The zero-order valence-electron chi connectivity index (χ0n) is 9.88. The molecular formula is C12H14FN5. The first kappa shape index (κ1) is 11.3. The van der Waals surface area contributed by atoms with Gasteiger partial charge in [0.15, 0.2) is 0 Å². The summed E-state index contributed by atoms with van der Waals surface area (Å²) in [5, 5.41) is 15.8. The highest BCUT2D eigenvalue weighted by atomic mass is 19.1. The smallest absolute Gasteiger partial charge is 0.204 e. The van der Waals surface area contributed by atoms with Gasteiger partial charge in [-0.2, -0.15) is 4.80 Å². The number of aromatic nitrogens is 4. The second kappa shape index (κ2) is 4.81. The van der Waals surface area contributed by atoms with Crippen LogP contribution >= 0.6 is 0 Å². The van der Waals surface area contributed by atoms with E-state index in [4.69, 9.17) is 0 Å². The van der Waals surface area contributed by atoms with Crippen LogP contribution in [-0.4, -0.2) is 33.3 Å². The molecule has 1 saturated heterocycles. The lowest BCUT2D eigenvalue weighted by molar-refractivity contribution is 0.309. The number of hydrogen-bond acceptors (Lipinski definition) is 4. The molecule has 6 heteroatoms. The maximum Gasteiger partial charge on any atom is 0.204 e. The fourth-order valence-corrected chi connectivity index (χ4v) is 2.13. The number of hydrogen-bond donors (Lipinski definition) is 1. The van der Waals surface area contributed by atoms with Gasteiger partial charge in [-0.1, -0.05) is 0 Å². The van der Waals surface area contributed by atoms with E-state index in [0.717, 1.165) is 31.5 Å². The average molecular weight is 247 g/mol. The second-order valence-corrected chi connectivity index (χ2v) is 4.42. The normalized spacial score (nSPS) is 16.9. The molecule has 1 aliphatic rings. The summed E-state index contributed by atoms with van der Waals surface area (Å²) in [6, 6.07) is 6.45. The minimum Gasteiger partial charge on any atom is -0.317 e. The van der Waals surface area contributed by atoms with Crippen molar-refractivity contribution in [2.45, 2.75) is 18.9 Å². The Balaban J connectivity index is 1.82. The zero-order chi connectivity index (χ0) is 12.4. The molecule has 0 atom stereocenters. The monoisotopic (exact) mass is 247 g/mol. The molecule has 0 saturated carbocycles. The van der Waals surface area contributed by atoms with E-state index in [1.165, 1.54) is 12.1 Å². The molecule has 2 aromatic rings. The molecule has 0 bridgehead atoms. The third-order valence-electron chi connectivity index (χ3n) is 3.17. The summed E-state index contributed by atoms with van der Waals surface area (Å²) in [4.78, 5) is 1.68. The van der Waals surface area contributed by atoms with Crippen LogP contribution in [-0.2, 0) is 0 Å². The van der Waals surface area contributed by atoms with E-state index in [2.05, 4.69) is 20.7 Å². The van der Waals surface area contributed by atoms with Crippen molar-refractivity contribution in [3.05, 3.63) is 30.1 Å². The fraction of sp³-hybridized carbons (Fsp3) is 0.417. The van der Waals surface area contributed by atoms with Crippen molar-refractivity contribution in [2.75, 3.05) is 13.1 Å². The SMILES string of the molecule is Fc1ccc(-c2nnn(C3CCNCC3)n2)cc1. The van der Waals surface area contributed by atoms with Crippen LogP contribution in [0.2, 0.25) is 0 Å².